The number of carbonyl (C=O) groups is 2. The zero-order chi connectivity index (χ0) is 16.3. The summed E-state index contributed by atoms with van der Waals surface area (Å²) in [6.07, 6.45) is 3.11. The van der Waals surface area contributed by atoms with Crippen LogP contribution in [0.5, 0.6) is 0 Å². The lowest BCUT2D eigenvalue weighted by Crippen LogP contribution is -2.16. The lowest BCUT2D eigenvalue weighted by Gasteiger charge is -2.02. The van der Waals surface area contributed by atoms with Gasteiger partial charge in [0.25, 0.3) is 5.91 Å². The highest BCUT2D eigenvalue weighted by molar-refractivity contribution is 6.34. The van der Waals surface area contributed by atoms with Gasteiger partial charge in [0.15, 0.2) is 11.4 Å². The number of carbonyl (C=O) groups excluding carboxylic acids is 2. The molecule has 0 radical (unpaired) electrons. The molecule has 0 aromatic carbocycles. The molecule has 0 aliphatic heterocycles. The van der Waals surface area contributed by atoms with Crippen molar-refractivity contribution in [2.24, 2.45) is 0 Å². The van der Waals surface area contributed by atoms with Gasteiger partial charge in [0, 0.05) is 25.5 Å². The smallest absolute Gasteiger partial charge is 0.360 e. The molecule has 118 valence electrons. The van der Waals surface area contributed by atoms with Crippen molar-refractivity contribution in [3.05, 3.63) is 28.8 Å². The molecule has 0 bridgehead atoms. The third kappa shape index (κ3) is 3.11. The molecule has 1 amide bonds. The normalized spacial score (nSPS) is 10.5. The van der Waals surface area contributed by atoms with Crippen molar-refractivity contribution in [2.75, 3.05) is 12.4 Å². The van der Waals surface area contributed by atoms with Gasteiger partial charge in [-0.3, -0.25) is 14.2 Å². The van der Waals surface area contributed by atoms with Gasteiger partial charge in [-0.25, -0.2) is 4.79 Å². The largest absolute Gasteiger partial charge is 0.464 e. The Kier molecular flexibility index (Phi) is 4.81. The number of aromatic nitrogens is 4. The highest BCUT2D eigenvalue weighted by Gasteiger charge is 2.22. The van der Waals surface area contributed by atoms with Gasteiger partial charge in [0.05, 0.1) is 17.8 Å². The van der Waals surface area contributed by atoms with E-state index in [9.17, 15) is 9.59 Å². The predicted octanol–water partition coefficient (Wildman–Crippen LogP) is 1.81. The summed E-state index contributed by atoms with van der Waals surface area (Å²) in [4.78, 5) is 24.0. The summed E-state index contributed by atoms with van der Waals surface area (Å²) >= 11 is 5.99. The van der Waals surface area contributed by atoms with E-state index < -0.39 is 11.9 Å². The van der Waals surface area contributed by atoms with Crippen molar-refractivity contribution in [1.29, 1.82) is 0 Å². The van der Waals surface area contributed by atoms with Gasteiger partial charge in [0.1, 0.15) is 0 Å². The molecule has 2 aromatic rings. The fourth-order valence-corrected chi connectivity index (χ4v) is 2.05. The second kappa shape index (κ2) is 6.61. The molecule has 0 unspecified atom stereocenters. The van der Waals surface area contributed by atoms with E-state index in [1.165, 1.54) is 11.8 Å². The summed E-state index contributed by atoms with van der Waals surface area (Å²) in [7, 11) is 1.25. The van der Waals surface area contributed by atoms with Gasteiger partial charge >= 0.3 is 5.97 Å². The van der Waals surface area contributed by atoms with Crippen LogP contribution in [0.25, 0.3) is 0 Å². The second-order valence-electron chi connectivity index (χ2n) is 4.37. The first-order valence-corrected chi connectivity index (χ1v) is 7.08. The third-order valence-corrected chi connectivity index (χ3v) is 3.25. The zero-order valence-corrected chi connectivity index (χ0v) is 13.2. The molecule has 2 aromatic heterocycles. The minimum Gasteiger partial charge on any atom is -0.464 e. The average Bonchev–Trinajstić information content (AvgIpc) is 3.09. The van der Waals surface area contributed by atoms with Crippen molar-refractivity contribution in [3.8, 4) is 0 Å². The molecule has 9 heteroatoms. The van der Waals surface area contributed by atoms with Gasteiger partial charge in [0.2, 0.25) is 0 Å². The van der Waals surface area contributed by atoms with Gasteiger partial charge in [-0.2, -0.15) is 10.2 Å². The topological polar surface area (TPSA) is 91.0 Å². The number of rotatable bonds is 5. The highest BCUT2D eigenvalue weighted by atomic mass is 35.5. The Balaban J connectivity index is 2.29. The molecule has 0 saturated carbocycles. The quantitative estimate of drug-likeness (QED) is 0.847. The lowest BCUT2D eigenvalue weighted by atomic mass is 10.3. The monoisotopic (exact) mass is 325 g/mol. The molecule has 2 heterocycles. The molecule has 8 nitrogen and oxygen atoms in total. The SMILES string of the molecule is CCn1cc(Cl)c(C(=O)Nc2cn(CC)nc2C(=O)OC)n1. The van der Waals surface area contributed by atoms with Crippen LogP contribution in [0, 0.1) is 0 Å². The number of hydrogen-bond acceptors (Lipinski definition) is 5. The second-order valence-corrected chi connectivity index (χ2v) is 4.78. The third-order valence-electron chi connectivity index (χ3n) is 2.97. The zero-order valence-electron chi connectivity index (χ0n) is 12.5. The number of anilines is 1. The Hall–Kier alpha value is -2.35. The molecule has 0 spiro atoms. The van der Waals surface area contributed by atoms with Crippen LogP contribution in [-0.2, 0) is 17.8 Å². The van der Waals surface area contributed by atoms with Gasteiger partial charge in [-0.15, -0.1) is 0 Å². The Morgan fingerprint density at radius 3 is 2.32 bits per heavy atom. The van der Waals surface area contributed by atoms with Gasteiger partial charge < -0.3 is 10.1 Å². The van der Waals surface area contributed by atoms with Crippen LogP contribution in [0.15, 0.2) is 12.4 Å². The van der Waals surface area contributed by atoms with Crippen molar-refractivity contribution < 1.29 is 14.3 Å². The summed E-state index contributed by atoms with van der Waals surface area (Å²) in [6.45, 7) is 4.88. The highest BCUT2D eigenvalue weighted by Crippen LogP contribution is 2.19. The summed E-state index contributed by atoms with van der Waals surface area (Å²) in [5.41, 5.74) is 0.369. The Bertz CT molecular complexity index is 707. The number of nitrogens with one attached hydrogen (secondary N) is 1. The van der Waals surface area contributed by atoms with E-state index in [1.54, 1.807) is 17.1 Å². The fraction of sp³-hybridized carbons (Fsp3) is 0.385. The Labute approximate surface area is 132 Å². The number of hydrogen-bond donors (Lipinski definition) is 1. The number of amides is 1. The molecular formula is C13H16ClN5O3. The number of nitrogens with zero attached hydrogens (tertiary/aromatic N) is 4. The summed E-state index contributed by atoms with van der Waals surface area (Å²) in [6, 6.07) is 0. The van der Waals surface area contributed by atoms with Crippen molar-refractivity contribution in [2.45, 2.75) is 26.9 Å². The van der Waals surface area contributed by atoms with Crippen molar-refractivity contribution in [3.63, 3.8) is 0 Å². The average molecular weight is 326 g/mol. The molecule has 1 N–H and O–H groups in total. The number of aryl methyl sites for hydroxylation is 2. The maximum atomic E-state index is 12.3. The maximum absolute atomic E-state index is 12.3. The van der Waals surface area contributed by atoms with Gasteiger partial charge in [-0.05, 0) is 13.8 Å². The first-order valence-electron chi connectivity index (χ1n) is 6.70. The molecule has 0 aliphatic carbocycles. The Morgan fingerprint density at radius 1 is 1.18 bits per heavy atom. The first kappa shape index (κ1) is 16.0. The maximum Gasteiger partial charge on any atom is 0.360 e. The summed E-state index contributed by atoms with van der Waals surface area (Å²) in [5, 5.41) is 11.0. The minimum atomic E-state index is -0.632. The van der Waals surface area contributed by atoms with E-state index in [-0.39, 0.29) is 22.1 Å². The number of halogens is 1. The minimum absolute atomic E-state index is 0.0312. The van der Waals surface area contributed by atoms with Crippen LogP contribution >= 0.6 is 11.6 Å². The number of ether oxygens (including phenoxy) is 1. The lowest BCUT2D eigenvalue weighted by molar-refractivity contribution is 0.0594. The van der Waals surface area contributed by atoms with E-state index in [0.29, 0.717) is 13.1 Å². The molecule has 22 heavy (non-hydrogen) atoms. The molecule has 0 fully saturated rings. The van der Waals surface area contributed by atoms with Crippen LogP contribution in [-0.4, -0.2) is 38.5 Å². The van der Waals surface area contributed by atoms with Crippen LogP contribution < -0.4 is 5.32 Å². The van der Waals surface area contributed by atoms with Crippen LogP contribution in [0.2, 0.25) is 5.02 Å². The molecule has 0 atom stereocenters. The molecule has 0 aliphatic rings. The number of methoxy groups -OCH3 is 1. The molecule has 0 saturated heterocycles. The van der Waals surface area contributed by atoms with E-state index in [4.69, 9.17) is 11.6 Å². The van der Waals surface area contributed by atoms with E-state index in [1.807, 2.05) is 13.8 Å². The fourth-order valence-electron chi connectivity index (χ4n) is 1.82. The number of esters is 1. The molecular weight excluding hydrogens is 310 g/mol. The predicted molar refractivity (Wildman–Crippen MR) is 80.1 cm³/mol. The standard InChI is InChI=1S/C13H16ClN5O3/c1-4-18-6-8(14)10(16-18)12(20)15-9-7-19(5-2)17-11(9)13(21)22-3/h6-7H,4-5H2,1-3H3,(H,15,20). The summed E-state index contributed by atoms with van der Waals surface area (Å²) in [5.74, 6) is -1.15. The van der Waals surface area contributed by atoms with Crippen LogP contribution in [0.4, 0.5) is 5.69 Å². The van der Waals surface area contributed by atoms with Crippen molar-refractivity contribution >= 4 is 29.2 Å². The van der Waals surface area contributed by atoms with Crippen LogP contribution in [0.3, 0.4) is 0 Å². The van der Waals surface area contributed by atoms with E-state index in [0.717, 1.165) is 0 Å². The van der Waals surface area contributed by atoms with E-state index >= 15 is 0 Å². The summed E-state index contributed by atoms with van der Waals surface area (Å²) < 4.78 is 7.73. The first-order chi connectivity index (χ1) is 10.5. The molecule has 2 rings (SSSR count). The Morgan fingerprint density at radius 2 is 1.77 bits per heavy atom. The van der Waals surface area contributed by atoms with Crippen molar-refractivity contribution in [1.82, 2.24) is 19.6 Å². The van der Waals surface area contributed by atoms with Crippen LogP contribution in [0.1, 0.15) is 34.8 Å². The van der Waals surface area contributed by atoms with E-state index in [2.05, 4.69) is 20.3 Å². The van der Waals surface area contributed by atoms with Gasteiger partial charge in [-0.1, -0.05) is 11.6 Å².